The highest BCUT2D eigenvalue weighted by atomic mass is 19.1. The average molecular weight is 396 g/mol. The third-order valence-electron chi connectivity index (χ3n) is 5.02. The number of hydrazine groups is 1. The van der Waals surface area contributed by atoms with Crippen LogP contribution < -0.4 is 15.8 Å². The van der Waals surface area contributed by atoms with Gasteiger partial charge in [-0.3, -0.25) is 20.4 Å². The van der Waals surface area contributed by atoms with Gasteiger partial charge >= 0.3 is 0 Å². The van der Waals surface area contributed by atoms with Crippen LogP contribution in [0.2, 0.25) is 0 Å². The molecule has 1 aliphatic heterocycles. The van der Waals surface area contributed by atoms with Crippen molar-refractivity contribution in [2.75, 3.05) is 18.0 Å². The summed E-state index contributed by atoms with van der Waals surface area (Å²) in [5.41, 5.74) is 7.14. The molecule has 0 spiro atoms. The first kappa shape index (κ1) is 18.9. The van der Waals surface area contributed by atoms with Gasteiger partial charge in [0.05, 0.1) is 6.42 Å². The Morgan fingerprint density at radius 2 is 1.79 bits per heavy atom. The second kappa shape index (κ2) is 8.30. The van der Waals surface area contributed by atoms with Crippen molar-refractivity contribution in [3.63, 3.8) is 0 Å². The predicted octanol–water partition coefficient (Wildman–Crippen LogP) is 2.57. The topological polar surface area (TPSA) is 87.5 Å². The molecule has 150 valence electrons. The zero-order valence-electron chi connectivity index (χ0n) is 15.7. The number of halogens is 1. The number of benzene rings is 2. The van der Waals surface area contributed by atoms with E-state index in [1.807, 2.05) is 29.2 Å². The highest BCUT2D eigenvalue weighted by Crippen LogP contribution is 2.26. The Hall–Kier alpha value is -3.42. The van der Waals surface area contributed by atoms with Gasteiger partial charge in [-0.05, 0) is 42.7 Å². The van der Waals surface area contributed by atoms with Gasteiger partial charge in [-0.2, -0.15) is 4.98 Å². The third kappa shape index (κ3) is 4.53. The van der Waals surface area contributed by atoms with Crippen molar-refractivity contribution in [2.45, 2.75) is 19.3 Å². The maximum absolute atomic E-state index is 12.9. The van der Waals surface area contributed by atoms with E-state index < -0.39 is 0 Å². The molecule has 1 aliphatic rings. The number of carbonyl (C=O) groups is 2. The molecule has 1 fully saturated rings. The Kier molecular flexibility index (Phi) is 5.41. The molecule has 0 aliphatic carbocycles. The standard InChI is InChI=1S/C21H21FN4O3/c22-16-7-5-14(6-8-16)13-19(27)24-25-20(28)15-9-11-26(12-10-15)21-23-17-3-1-2-4-18(17)29-21/h1-8,15H,9-13H2,(H,24,27)(H,25,28). The highest BCUT2D eigenvalue weighted by molar-refractivity contribution is 5.84. The maximum atomic E-state index is 12.9. The van der Waals surface area contributed by atoms with Crippen LogP contribution in [0, 0.1) is 11.7 Å². The quantitative estimate of drug-likeness (QED) is 0.662. The Bertz CT molecular complexity index is 977. The number of carbonyl (C=O) groups excluding carboxylic acids is 2. The number of hydrogen-bond acceptors (Lipinski definition) is 5. The van der Waals surface area contributed by atoms with Gasteiger partial charge in [0.1, 0.15) is 11.3 Å². The van der Waals surface area contributed by atoms with Crippen LogP contribution in [-0.4, -0.2) is 29.9 Å². The van der Waals surface area contributed by atoms with E-state index in [9.17, 15) is 14.0 Å². The molecule has 1 saturated heterocycles. The molecule has 3 aromatic rings. The molecule has 0 radical (unpaired) electrons. The molecule has 2 heterocycles. The second-order valence-corrected chi connectivity index (χ2v) is 7.07. The summed E-state index contributed by atoms with van der Waals surface area (Å²) in [5, 5.41) is 0. The van der Waals surface area contributed by atoms with Gasteiger partial charge in [0, 0.05) is 19.0 Å². The number of nitrogens with zero attached hydrogens (tertiary/aromatic N) is 2. The molecule has 8 heteroatoms. The van der Waals surface area contributed by atoms with Gasteiger partial charge in [0.25, 0.3) is 6.01 Å². The van der Waals surface area contributed by atoms with Crippen molar-refractivity contribution in [1.82, 2.24) is 15.8 Å². The lowest BCUT2D eigenvalue weighted by Crippen LogP contribution is -2.47. The minimum absolute atomic E-state index is 0.0662. The Labute approximate surface area is 166 Å². The molecule has 4 rings (SSSR count). The molecule has 0 unspecified atom stereocenters. The van der Waals surface area contributed by atoms with Crippen molar-refractivity contribution >= 4 is 28.9 Å². The molecular formula is C21H21FN4O3. The number of nitrogens with one attached hydrogen (secondary N) is 2. The lowest BCUT2D eigenvalue weighted by Gasteiger charge is -2.30. The summed E-state index contributed by atoms with van der Waals surface area (Å²) in [7, 11) is 0. The lowest BCUT2D eigenvalue weighted by atomic mass is 9.96. The molecule has 2 amide bonds. The van der Waals surface area contributed by atoms with Gasteiger partial charge in [0.2, 0.25) is 11.8 Å². The number of oxazole rings is 1. The Morgan fingerprint density at radius 1 is 1.07 bits per heavy atom. The SMILES string of the molecule is O=C(Cc1ccc(F)cc1)NNC(=O)C1CCN(c2nc3ccccc3o2)CC1. The van der Waals surface area contributed by atoms with Crippen LogP contribution in [0.3, 0.4) is 0 Å². The first-order valence-electron chi connectivity index (χ1n) is 9.52. The molecule has 29 heavy (non-hydrogen) atoms. The van der Waals surface area contributed by atoms with E-state index in [1.54, 1.807) is 12.1 Å². The number of rotatable bonds is 4. The average Bonchev–Trinajstić information content (AvgIpc) is 3.18. The van der Waals surface area contributed by atoms with Gasteiger partial charge in [0.15, 0.2) is 5.58 Å². The summed E-state index contributed by atoms with van der Waals surface area (Å²) >= 11 is 0. The molecule has 0 bridgehead atoms. The fourth-order valence-electron chi connectivity index (χ4n) is 3.39. The van der Waals surface area contributed by atoms with Gasteiger partial charge in [-0.15, -0.1) is 0 Å². The number of anilines is 1. The summed E-state index contributed by atoms with van der Waals surface area (Å²) in [4.78, 5) is 30.8. The minimum Gasteiger partial charge on any atom is -0.423 e. The first-order chi connectivity index (χ1) is 14.1. The van der Waals surface area contributed by atoms with Crippen LogP contribution in [0.4, 0.5) is 10.4 Å². The van der Waals surface area contributed by atoms with Crippen LogP contribution >= 0.6 is 0 Å². The fourth-order valence-corrected chi connectivity index (χ4v) is 3.39. The van der Waals surface area contributed by atoms with E-state index in [1.165, 1.54) is 12.1 Å². The number of piperidine rings is 1. The van der Waals surface area contributed by atoms with Crippen LogP contribution in [0.5, 0.6) is 0 Å². The number of para-hydroxylation sites is 2. The van der Waals surface area contributed by atoms with Crippen LogP contribution in [0.25, 0.3) is 11.1 Å². The Morgan fingerprint density at radius 3 is 2.52 bits per heavy atom. The first-order valence-corrected chi connectivity index (χ1v) is 9.52. The zero-order chi connectivity index (χ0) is 20.2. The van der Waals surface area contributed by atoms with E-state index in [0.717, 1.165) is 11.1 Å². The van der Waals surface area contributed by atoms with Gasteiger partial charge in [-0.1, -0.05) is 24.3 Å². The summed E-state index contributed by atoms with van der Waals surface area (Å²) in [6.07, 6.45) is 1.34. The molecular weight excluding hydrogens is 375 g/mol. The van der Waals surface area contributed by atoms with E-state index in [2.05, 4.69) is 15.8 Å². The molecule has 2 N–H and O–H groups in total. The normalized spacial score (nSPS) is 14.7. The van der Waals surface area contributed by atoms with Gasteiger partial charge in [-0.25, -0.2) is 4.39 Å². The number of fused-ring (bicyclic) bond motifs is 1. The predicted molar refractivity (Wildman–Crippen MR) is 105 cm³/mol. The highest BCUT2D eigenvalue weighted by Gasteiger charge is 2.27. The molecule has 0 saturated carbocycles. The minimum atomic E-state index is -0.355. The van der Waals surface area contributed by atoms with E-state index in [0.29, 0.717) is 37.5 Å². The summed E-state index contributed by atoms with van der Waals surface area (Å²) in [6, 6.07) is 13.8. The van der Waals surface area contributed by atoms with E-state index in [4.69, 9.17) is 4.42 Å². The largest absolute Gasteiger partial charge is 0.423 e. The monoisotopic (exact) mass is 396 g/mol. The zero-order valence-corrected chi connectivity index (χ0v) is 15.7. The summed E-state index contributed by atoms with van der Waals surface area (Å²) in [6.45, 7) is 1.29. The van der Waals surface area contributed by atoms with Crippen molar-refractivity contribution < 1.29 is 18.4 Å². The third-order valence-corrected chi connectivity index (χ3v) is 5.02. The number of hydrogen-bond donors (Lipinski definition) is 2. The van der Waals surface area contributed by atoms with E-state index >= 15 is 0 Å². The maximum Gasteiger partial charge on any atom is 0.298 e. The second-order valence-electron chi connectivity index (χ2n) is 7.07. The Balaban J connectivity index is 1.24. The number of aromatic nitrogens is 1. The summed E-state index contributed by atoms with van der Waals surface area (Å²) in [5.74, 6) is -1.11. The molecule has 1 aromatic heterocycles. The van der Waals surface area contributed by atoms with Crippen molar-refractivity contribution in [2.24, 2.45) is 5.92 Å². The lowest BCUT2D eigenvalue weighted by molar-refractivity contribution is -0.131. The van der Waals surface area contributed by atoms with Crippen molar-refractivity contribution in [3.05, 3.63) is 59.9 Å². The molecule has 0 atom stereocenters. The van der Waals surface area contributed by atoms with Crippen molar-refractivity contribution in [1.29, 1.82) is 0 Å². The smallest absolute Gasteiger partial charge is 0.298 e. The van der Waals surface area contributed by atoms with Crippen LogP contribution in [0.15, 0.2) is 52.9 Å². The van der Waals surface area contributed by atoms with Crippen LogP contribution in [0.1, 0.15) is 18.4 Å². The van der Waals surface area contributed by atoms with Crippen molar-refractivity contribution in [3.8, 4) is 0 Å². The fraction of sp³-hybridized carbons (Fsp3) is 0.286. The van der Waals surface area contributed by atoms with Crippen LogP contribution in [-0.2, 0) is 16.0 Å². The van der Waals surface area contributed by atoms with Gasteiger partial charge < -0.3 is 9.32 Å². The molecule has 7 nitrogen and oxygen atoms in total. The van der Waals surface area contributed by atoms with E-state index in [-0.39, 0.29) is 30.0 Å². The number of amides is 2. The molecule has 2 aromatic carbocycles. The summed E-state index contributed by atoms with van der Waals surface area (Å²) < 4.78 is 18.7.